The van der Waals surface area contributed by atoms with Crippen molar-refractivity contribution in [3.05, 3.63) is 95.1 Å². The summed E-state index contributed by atoms with van der Waals surface area (Å²) >= 11 is 0. The second kappa shape index (κ2) is 9.19. The minimum atomic E-state index is -1.21. The standard InChI is InChI=1S/C27H27F2N5O/c1-18-30-24(21-17-33(2)32-25(21)14-19-6-4-3-5-7-19)16-26(31-18)34-12-10-27(35,11-13-34)20-8-9-22(28)23(29)15-20/h3-9,15-17,35H,10-14H2,1-2H3. The molecule has 4 aromatic rings. The second-order valence-corrected chi connectivity index (χ2v) is 9.13. The average Bonchev–Trinajstić information content (AvgIpc) is 3.21. The van der Waals surface area contributed by atoms with Crippen molar-refractivity contribution < 1.29 is 13.9 Å². The van der Waals surface area contributed by atoms with Gasteiger partial charge in [0.15, 0.2) is 11.6 Å². The predicted molar refractivity (Wildman–Crippen MR) is 130 cm³/mol. The van der Waals surface area contributed by atoms with Gasteiger partial charge in [-0.1, -0.05) is 36.4 Å². The first-order valence-corrected chi connectivity index (χ1v) is 11.7. The minimum absolute atomic E-state index is 0.378. The van der Waals surface area contributed by atoms with Gasteiger partial charge in [0.2, 0.25) is 0 Å². The Morgan fingerprint density at radius 1 is 0.971 bits per heavy atom. The molecule has 0 radical (unpaired) electrons. The largest absolute Gasteiger partial charge is 0.385 e. The van der Waals surface area contributed by atoms with Crippen LogP contribution in [0, 0.1) is 18.6 Å². The molecule has 0 bridgehead atoms. The fraction of sp³-hybridized carbons (Fsp3) is 0.296. The Morgan fingerprint density at radius 2 is 1.71 bits per heavy atom. The maximum Gasteiger partial charge on any atom is 0.159 e. The van der Waals surface area contributed by atoms with Crippen LogP contribution in [0.1, 0.15) is 35.5 Å². The summed E-state index contributed by atoms with van der Waals surface area (Å²) in [6.07, 6.45) is 3.42. The van der Waals surface area contributed by atoms with Crippen LogP contribution in [-0.4, -0.2) is 37.9 Å². The molecule has 0 unspecified atom stereocenters. The Kier molecular flexibility index (Phi) is 6.06. The van der Waals surface area contributed by atoms with Crippen LogP contribution in [0.25, 0.3) is 11.3 Å². The number of hydrogen-bond acceptors (Lipinski definition) is 5. The summed E-state index contributed by atoms with van der Waals surface area (Å²) in [4.78, 5) is 11.4. The maximum absolute atomic E-state index is 13.7. The zero-order chi connectivity index (χ0) is 24.6. The van der Waals surface area contributed by atoms with Crippen molar-refractivity contribution in [3.8, 4) is 11.3 Å². The van der Waals surface area contributed by atoms with E-state index in [9.17, 15) is 13.9 Å². The molecule has 5 rings (SSSR count). The van der Waals surface area contributed by atoms with Gasteiger partial charge >= 0.3 is 0 Å². The number of rotatable bonds is 5. The summed E-state index contributed by atoms with van der Waals surface area (Å²) in [6, 6.07) is 15.8. The van der Waals surface area contributed by atoms with Crippen LogP contribution in [0.4, 0.5) is 14.6 Å². The molecule has 1 saturated heterocycles. The van der Waals surface area contributed by atoms with E-state index in [1.807, 2.05) is 44.4 Å². The van der Waals surface area contributed by atoms with Crippen LogP contribution in [0.3, 0.4) is 0 Å². The molecule has 1 aliphatic rings. The van der Waals surface area contributed by atoms with E-state index in [0.29, 0.717) is 43.7 Å². The third-order valence-corrected chi connectivity index (χ3v) is 6.59. The number of aryl methyl sites for hydroxylation is 2. The van der Waals surface area contributed by atoms with Gasteiger partial charge in [-0.15, -0.1) is 0 Å². The van der Waals surface area contributed by atoms with Gasteiger partial charge in [0, 0.05) is 44.4 Å². The number of hydrogen-bond donors (Lipinski definition) is 1. The monoisotopic (exact) mass is 475 g/mol. The number of aromatic nitrogens is 4. The normalized spacial score (nSPS) is 15.4. The lowest BCUT2D eigenvalue weighted by atomic mass is 9.84. The van der Waals surface area contributed by atoms with E-state index in [2.05, 4.69) is 27.1 Å². The van der Waals surface area contributed by atoms with Crippen molar-refractivity contribution in [3.63, 3.8) is 0 Å². The molecule has 1 N–H and O–H groups in total. The van der Waals surface area contributed by atoms with Crippen LogP contribution >= 0.6 is 0 Å². The van der Waals surface area contributed by atoms with E-state index in [0.717, 1.165) is 34.9 Å². The molecule has 2 aromatic heterocycles. The number of piperidine rings is 1. The summed E-state index contributed by atoms with van der Waals surface area (Å²) in [5.41, 5.74) is 3.06. The van der Waals surface area contributed by atoms with E-state index in [1.165, 1.54) is 11.6 Å². The molecule has 1 fully saturated rings. The van der Waals surface area contributed by atoms with Gasteiger partial charge in [-0.3, -0.25) is 4.68 Å². The summed E-state index contributed by atoms with van der Waals surface area (Å²) in [6.45, 7) is 2.91. The molecular formula is C27H27F2N5O. The van der Waals surface area contributed by atoms with Gasteiger partial charge in [0.1, 0.15) is 11.6 Å². The molecule has 0 aliphatic carbocycles. The van der Waals surface area contributed by atoms with Gasteiger partial charge < -0.3 is 10.0 Å². The van der Waals surface area contributed by atoms with Crippen LogP contribution in [0.5, 0.6) is 0 Å². The third kappa shape index (κ3) is 4.79. The van der Waals surface area contributed by atoms with Crippen molar-refractivity contribution in [2.75, 3.05) is 18.0 Å². The molecular weight excluding hydrogens is 448 g/mol. The fourth-order valence-corrected chi connectivity index (χ4v) is 4.70. The van der Waals surface area contributed by atoms with Gasteiger partial charge in [-0.2, -0.15) is 5.10 Å². The van der Waals surface area contributed by atoms with Crippen molar-refractivity contribution in [2.45, 2.75) is 31.8 Å². The predicted octanol–water partition coefficient (Wildman–Crippen LogP) is 4.54. The molecule has 8 heteroatoms. The summed E-state index contributed by atoms with van der Waals surface area (Å²) in [7, 11) is 1.90. The number of benzene rings is 2. The van der Waals surface area contributed by atoms with E-state index < -0.39 is 17.2 Å². The quantitative estimate of drug-likeness (QED) is 0.459. The lowest BCUT2D eigenvalue weighted by molar-refractivity contribution is 0.0113. The Balaban J connectivity index is 1.39. The van der Waals surface area contributed by atoms with Gasteiger partial charge in [-0.05, 0) is 43.0 Å². The molecule has 0 amide bonds. The molecule has 1 aliphatic heterocycles. The van der Waals surface area contributed by atoms with Crippen molar-refractivity contribution >= 4 is 5.82 Å². The molecule has 0 saturated carbocycles. The molecule has 180 valence electrons. The smallest absolute Gasteiger partial charge is 0.159 e. The van der Waals surface area contributed by atoms with Crippen molar-refractivity contribution in [1.82, 2.24) is 19.7 Å². The summed E-state index contributed by atoms with van der Waals surface area (Å²) in [5, 5.41) is 15.8. The van der Waals surface area contributed by atoms with Crippen LogP contribution in [0.2, 0.25) is 0 Å². The lowest BCUT2D eigenvalue weighted by Crippen LogP contribution is -2.43. The van der Waals surface area contributed by atoms with E-state index in [4.69, 9.17) is 4.98 Å². The molecule has 6 nitrogen and oxygen atoms in total. The van der Waals surface area contributed by atoms with Gasteiger partial charge in [0.25, 0.3) is 0 Å². The molecule has 35 heavy (non-hydrogen) atoms. The van der Waals surface area contributed by atoms with E-state index >= 15 is 0 Å². The highest BCUT2D eigenvalue weighted by Crippen LogP contribution is 2.35. The van der Waals surface area contributed by atoms with Gasteiger partial charge in [-0.25, -0.2) is 18.7 Å². The Labute approximate surface area is 202 Å². The number of nitrogens with zero attached hydrogens (tertiary/aromatic N) is 5. The van der Waals surface area contributed by atoms with E-state index in [1.54, 1.807) is 4.68 Å². The summed E-state index contributed by atoms with van der Waals surface area (Å²) < 4.78 is 28.9. The lowest BCUT2D eigenvalue weighted by Gasteiger charge is -2.39. The van der Waals surface area contributed by atoms with Crippen molar-refractivity contribution in [2.24, 2.45) is 7.05 Å². The SMILES string of the molecule is Cc1nc(-c2cn(C)nc2Cc2ccccc2)cc(N2CCC(O)(c3ccc(F)c(F)c3)CC2)n1. The number of halogens is 2. The van der Waals surface area contributed by atoms with Gasteiger partial charge in [0.05, 0.1) is 17.0 Å². The van der Waals surface area contributed by atoms with Crippen LogP contribution in [-0.2, 0) is 19.1 Å². The zero-order valence-corrected chi connectivity index (χ0v) is 19.7. The number of aliphatic hydroxyl groups is 1. The first kappa shape index (κ1) is 23.1. The number of anilines is 1. The first-order chi connectivity index (χ1) is 16.8. The first-order valence-electron chi connectivity index (χ1n) is 11.7. The van der Waals surface area contributed by atoms with Crippen LogP contribution < -0.4 is 4.90 Å². The molecule has 3 heterocycles. The highest BCUT2D eigenvalue weighted by atomic mass is 19.2. The Hall–Kier alpha value is -3.65. The molecule has 2 aromatic carbocycles. The zero-order valence-electron chi connectivity index (χ0n) is 19.7. The Morgan fingerprint density at radius 3 is 2.43 bits per heavy atom. The topological polar surface area (TPSA) is 67.1 Å². The fourth-order valence-electron chi connectivity index (χ4n) is 4.70. The average molecular weight is 476 g/mol. The minimum Gasteiger partial charge on any atom is -0.385 e. The maximum atomic E-state index is 13.7. The molecule has 0 atom stereocenters. The highest BCUT2D eigenvalue weighted by molar-refractivity contribution is 5.65. The summed E-state index contributed by atoms with van der Waals surface area (Å²) in [5.74, 6) is -0.444. The third-order valence-electron chi connectivity index (χ3n) is 6.59. The highest BCUT2D eigenvalue weighted by Gasteiger charge is 2.35. The Bertz CT molecular complexity index is 1350. The van der Waals surface area contributed by atoms with Crippen molar-refractivity contribution in [1.29, 1.82) is 0 Å². The van der Waals surface area contributed by atoms with Crippen LogP contribution in [0.15, 0.2) is 60.8 Å². The molecule has 0 spiro atoms. The second-order valence-electron chi connectivity index (χ2n) is 9.13. The van der Waals surface area contributed by atoms with E-state index in [-0.39, 0.29) is 0 Å².